The quantitative estimate of drug-likeness (QED) is 0.777. The Morgan fingerprint density at radius 1 is 1.39 bits per heavy atom. The van der Waals surface area contributed by atoms with Gasteiger partial charge in [0.2, 0.25) is 0 Å². The highest BCUT2D eigenvalue weighted by molar-refractivity contribution is 7.17. The summed E-state index contributed by atoms with van der Waals surface area (Å²) in [6.45, 7) is 7.43. The zero-order chi connectivity index (χ0) is 13.3. The smallest absolute Gasteiger partial charge is 0.350 e. The monoisotopic (exact) mass is 281 g/mol. The van der Waals surface area contributed by atoms with Gasteiger partial charge < -0.3 is 4.74 Å². The zero-order valence-electron chi connectivity index (χ0n) is 10.8. The van der Waals surface area contributed by atoms with E-state index in [0.717, 1.165) is 16.3 Å². The SMILES string of the molecule is Cc1nc(-c2ccsc2)sc1C(=O)OC(C)(C)C. The molecule has 2 heterocycles. The van der Waals surface area contributed by atoms with Crippen molar-refractivity contribution < 1.29 is 9.53 Å². The van der Waals surface area contributed by atoms with Gasteiger partial charge in [-0.05, 0) is 39.1 Å². The van der Waals surface area contributed by atoms with E-state index in [-0.39, 0.29) is 5.97 Å². The topological polar surface area (TPSA) is 39.2 Å². The average molecular weight is 281 g/mol. The predicted octanol–water partition coefficient (Wildman–Crippen LogP) is 4.14. The van der Waals surface area contributed by atoms with E-state index < -0.39 is 5.60 Å². The molecule has 2 aromatic rings. The van der Waals surface area contributed by atoms with Gasteiger partial charge in [-0.2, -0.15) is 11.3 Å². The summed E-state index contributed by atoms with van der Waals surface area (Å²) in [5.74, 6) is -0.293. The lowest BCUT2D eigenvalue weighted by molar-refractivity contribution is 0.00742. The largest absolute Gasteiger partial charge is 0.456 e. The summed E-state index contributed by atoms with van der Waals surface area (Å²) in [6.07, 6.45) is 0. The van der Waals surface area contributed by atoms with Gasteiger partial charge >= 0.3 is 5.97 Å². The van der Waals surface area contributed by atoms with Crippen LogP contribution in [0.3, 0.4) is 0 Å². The van der Waals surface area contributed by atoms with Gasteiger partial charge in [0.05, 0.1) is 5.69 Å². The Kier molecular flexibility index (Phi) is 3.54. The molecule has 0 aliphatic heterocycles. The number of carbonyl (C=O) groups excluding carboxylic acids is 1. The van der Waals surface area contributed by atoms with Gasteiger partial charge in [0, 0.05) is 10.9 Å². The van der Waals surface area contributed by atoms with E-state index in [1.54, 1.807) is 11.3 Å². The number of carbonyl (C=O) groups is 1. The third kappa shape index (κ3) is 2.97. The minimum atomic E-state index is -0.476. The molecule has 5 heteroatoms. The van der Waals surface area contributed by atoms with Crippen LogP contribution in [0.2, 0.25) is 0 Å². The van der Waals surface area contributed by atoms with Crippen molar-refractivity contribution in [1.82, 2.24) is 4.98 Å². The number of nitrogens with zero attached hydrogens (tertiary/aromatic N) is 1. The Morgan fingerprint density at radius 2 is 2.11 bits per heavy atom. The normalized spacial score (nSPS) is 11.6. The lowest BCUT2D eigenvalue weighted by Gasteiger charge is -2.18. The maximum atomic E-state index is 12.0. The molecule has 0 spiro atoms. The van der Waals surface area contributed by atoms with E-state index in [1.807, 2.05) is 44.5 Å². The fourth-order valence-corrected chi connectivity index (χ4v) is 3.07. The van der Waals surface area contributed by atoms with Crippen molar-refractivity contribution in [1.29, 1.82) is 0 Å². The van der Waals surface area contributed by atoms with Gasteiger partial charge in [-0.3, -0.25) is 0 Å². The van der Waals surface area contributed by atoms with Crippen molar-refractivity contribution in [3.8, 4) is 10.6 Å². The maximum absolute atomic E-state index is 12.0. The molecule has 2 rings (SSSR count). The number of rotatable bonds is 2. The number of esters is 1. The minimum Gasteiger partial charge on any atom is -0.456 e. The highest BCUT2D eigenvalue weighted by atomic mass is 32.1. The van der Waals surface area contributed by atoms with E-state index in [0.29, 0.717) is 4.88 Å². The Labute approximate surface area is 114 Å². The average Bonchev–Trinajstić information content (AvgIpc) is 2.82. The first-order valence-electron chi connectivity index (χ1n) is 5.60. The molecule has 0 aromatic carbocycles. The van der Waals surface area contributed by atoms with E-state index in [9.17, 15) is 4.79 Å². The first kappa shape index (κ1) is 13.2. The van der Waals surface area contributed by atoms with Crippen LogP contribution in [-0.2, 0) is 4.74 Å². The molecular formula is C13H15NO2S2. The number of ether oxygens (including phenoxy) is 1. The Hall–Kier alpha value is -1.20. The fraction of sp³-hybridized carbons (Fsp3) is 0.385. The van der Waals surface area contributed by atoms with E-state index in [4.69, 9.17) is 4.74 Å². The molecule has 96 valence electrons. The van der Waals surface area contributed by atoms with Crippen molar-refractivity contribution in [3.05, 3.63) is 27.4 Å². The first-order chi connectivity index (χ1) is 8.37. The van der Waals surface area contributed by atoms with E-state index in [2.05, 4.69) is 4.98 Å². The van der Waals surface area contributed by atoms with Crippen LogP contribution in [0.15, 0.2) is 16.8 Å². The molecule has 0 saturated carbocycles. The highest BCUT2D eigenvalue weighted by Gasteiger charge is 2.22. The van der Waals surface area contributed by atoms with Crippen LogP contribution in [0.4, 0.5) is 0 Å². The molecule has 18 heavy (non-hydrogen) atoms. The van der Waals surface area contributed by atoms with E-state index >= 15 is 0 Å². The van der Waals surface area contributed by atoms with Gasteiger partial charge in [0.1, 0.15) is 15.5 Å². The Bertz CT molecular complexity index is 550. The zero-order valence-corrected chi connectivity index (χ0v) is 12.4. The van der Waals surface area contributed by atoms with Gasteiger partial charge in [-0.25, -0.2) is 9.78 Å². The standard InChI is InChI=1S/C13H15NO2S2/c1-8-10(12(15)16-13(2,3)4)18-11(14-8)9-5-6-17-7-9/h5-7H,1-4H3. The van der Waals surface area contributed by atoms with Crippen molar-refractivity contribution in [2.75, 3.05) is 0 Å². The van der Waals surface area contributed by atoms with Crippen molar-refractivity contribution in [2.24, 2.45) is 0 Å². The Balaban J connectivity index is 2.27. The van der Waals surface area contributed by atoms with Crippen LogP contribution in [0.5, 0.6) is 0 Å². The van der Waals surface area contributed by atoms with Crippen LogP contribution in [0.1, 0.15) is 36.1 Å². The lowest BCUT2D eigenvalue weighted by Crippen LogP contribution is -2.23. The summed E-state index contributed by atoms with van der Waals surface area (Å²) in [4.78, 5) is 17.0. The molecule has 0 aliphatic rings. The predicted molar refractivity (Wildman–Crippen MR) is 75.3 cm³/mol. The van der Waals surface area contributed by atoms with E-state index in [1.165, 1.54) is 11.3 Å². The lowest BCUT2D eigenvalue weighted by atomic mass is 10.2. The van der Waals surface area contributed by atoms with Crippen LogP contribution in [0, 0.1) is 6.92 Å². The minimum absolute atomic E-state index is 0.293. The molecule has 0 amide bonds. The molecule has 0 N–H and O–H groups in total. The van der Waals surface area contributed by atoms with Crippen molar-refractivity contribution >= 4 is 28.6 Å². The summed E-state index contributed by atoms with van der Waals surface area (Å²) in [5.41, 5.74) is 1.31. The van der Waals surface area contributed by atoms with Crippen molar-refractivity contribution in [3.63, 3.8) is 0 Å². The summed E-state index contributed by atoms with van der Waals surface area (Å²) >= 11 is 3.01. The maximum Gasteiger partial charge on any atom is 0.350 e. The third-order valence-corrected chi connectivity index (χ3v) is 4.02. The molecule has 0 saturated heterocycles. The summed E-state index contributed by atoms with van der Waals surface area (Å²) in [6, 6.07) is 2.00. The fourth-order valence-electron chi connectivity index (χ4n) is 1.42. The molecule has 3 nitrogen and oxygen atoms in total. The first-order valence-corrected chi connectivity index (χ1v) is 7.36. The summed E-state index contributed by atoms with van der Waals surface area (Å²) in [5, 5.41) is 4.89. The summed E-state index contributed by atoms with van der Waals surface area (Å²) < 4.78 is 5.37. The van der Waals surface area contributed by atoms with Crippen LogP contribution < -0.4 is 0 Å². The molecule has 0 fully saturated rings. The van der Waals surface area contributed by atoms with Gasteiger partial charge in [0.25, 0.3) is 0 Å². The highest BCUT2D eigenvalue weighted by Crippen LogP contribution is 2.30. The van der Waals surface area contributed by atoms with Crippen LogP contribution in [-0.4, -0.2) is 16.6 Å². The van der Waals surface area contributed by atoms with Gasteiger partial charge in [-0.15, -0.1) is 11.3 Å². The number of aryl methyl sites for hydroxylation is 1. The molecule has 0 unspecified atom stereocenters. The molecule has 0 aliphatic carbocycles. The van der Waals surface area contributed by atoms with Crippen LogP contribution in [0.25, 0.3) is 10.6 Å². The summed E-state index contributed by atoms with van der Waals surface area (Å²) in [7, 11) is 0. The Morgan fingerprint density at radius 3 is 2.67 bits per heavy atom. The van der Waals surface area contributed by atoms with Gasteiger partial charge in [-0.1, -0.05) is 0 Å². The molecule has 2 aromatic heterocycles. The second kappa shape index (κ2) is 4.82. The molecule has 0 atom stereocenters. The van der Waals surface area contributed by atoms with Crippen molar-refractivity contribution in [2.45, 2.75) is 33.3 Å². The molecule has 0 bridgehead atoms. The number of aromatic nitrogens is 1. The molecule has 0 radical (unpaired) electrons. The third-order valence-electron chi connectivity index (χ3n) is 2.15. The second-order valence-electron chi connectivity index (χ2n) is 4.95. The van der Waals surface area contributed by atoms with Crippen LogP contribution >= 0.6 is 22.7 Å². The number of hydrogen-bond donors (Lipinski definition) is 0. The number of thiophene rings is 1. The van der Waals surface area contributed by atoms with Gasteiger partial charge in [0.15, 0.2) is 0 Å². The second-order valence-corrected chi connectivity index (χ2v) is 6.73. The molecular weight excluding hydrogens is 266 g/mol. The number of thiazole rings is 1. The number of hydrogen-bond acceptors (Lipinski definition) is 5.